The van der Waals surface area contributed by atoms with Gasteiger partial charge in [-0.3, -0.25) is 4.79 Å². The number of carboxylic acid groups (broad SMARTS) is 1. The first-order valence-corrected chi connectivity index (χ1v) is 5.32. The Bertz CT molecular complexity index is 592. The number of carboxylic acids is 1. The van der Waals surface area contributed by atoms with Crippen LogP contribution < -0.4 is 5.32 Å². The number of carbonyl (C=O) groups is 2. The quantitative estimate of drug-likeness (QED) is 0.894. The summed E-state index contributed by atoms with van der Waals surface area (Å²) >= 11 is 5.78. The maximum Gasteiger partial charge on any atom is 0.337 e. The van der Waals surface area contributed by atoms with Crippen LogP contribution in [0.4, 0.5) is 5.69 Å². The fourth-order valence-corrected chi connectivity index (χ4v) is 1.62. The van der Waals surface area contributed by atoms with Crippen LogP contribution in [0.3, 0.4) is 0 Å². The highest BCUT2D eigenvalue weighted by atomic mass is 35.5. The van der Waals surface area contributed by atoms with Crippen molar-refractivity contribution in [3.05, 3.63) is 52.9 Å². The van der Waals surface area contributed by atoms with Crippen molar-refractivity contribution in [1.82, 2.24) is 0 Å². The Hall–Kier alpha value is -2.27. The SMILES string of the molecule is O=C(Nc1ccc(C(=O)O)c(Cl)c1)c1ccoc1. The summed E-state index contributed by atoms with van der Waals surface area (Å²) in [6.07, 6.45) is 2.69. The molecular weight excluding hydrogens is 258 g/mol. The number of aromatic carboxylic acids is 1. The molecule has 0 fully saturated rings. The molecule has 2 aromatic rings. The number of carbonyl (C=O) groups excluding carboxylic acids is 1. The van der Waals surface area contributed by atoms with Crippen LogP contribution in [-0.4, -0.2) is 17.0 Å². The average molecular weight is 266 g/mol. The Morgan fingerprint density at radius 1 is 1.28 bits per heavy atom. The van der Waals surface area contributed by atoms with Crippen LogP contribution in [0, 0.1) is 0 Å². The molecule has 0 saturated heterocycles. The molecule has 5 nitrogen and oxygen atoms in total. The van der Waals surface area contributed by atoms with Gasteiger partial charge in [0.1, 0.15) is 6.26 Å². The Morgan fingerprint density at radius 2 is 2.06 bits per heavy atom. The third-order valence-electron chi connectivity index (χ3n) is 2.24. The third kappa shape index (κ3) is 2.52. The molecule has 2 N–H and O–H groups in total. The predicted octanol–water partition coefficient (Wildman–Crippen LogP) is 2.88. The summed E-state index contributed by atoms with van der Waals surface area (Å²) in [5, 5.41) is 11.4. The number of amides is 1. The molecule has 1 aromatic heterocycles. The van der Waals surface area contributed by atoms with Gasteiger partial charge in [-0.2, -0.15) is 0 Å². The standard InChI is InChI=1S/C12H8ClNO4/c13-10-5-8(1-2-9(10)12(16)17)14-11(15)7-3-4-18-6-7/h1-6H,(H,14,15)(H,16,17). The van der Waals surface area contributed by atoms with Crippen molar-refractivity contribution in [2.45, 2.75) is 0 Å². The van der Waals surface area contributed by atoms with Crippen molar-refractivity contribution < 1.29 is 19.1 Å². The highest BCUT2D eigenvalue weighted by Crippen LogP contribution is 2.21. The van der Waals surface area contributed by atoms with Crippen LogP contribution in [0.1, 0.15) is 20.7 Å². The first-order valence-electron chi connectivity index (χ1n) is 4.94. The van der Waals surface area contributed by atoms with Gasteiger partial charge < -0.3 is 14.8 Å². The fraction of sp³-hybridized carbons (Fsp3) is 0. The van der Waals surface area contributed by atoms with Crippen LogP contribution in [0.25, 0.3) is 0 Å². The number of benzene rings is 1. The summed E-state index contributed by atoms with van der Waals surface area (Å²) in [6.45, 7) is 0. The normalized spacial score (nSPS) is 10.1. The zero-order valence-electron chi connectivity index (χ0n) is 9.01. The zero-order valence-corrected chi connectivity index (χ0v) is 9.77. The molecule has 92 valence electrons. The van der Waals surface area contributed by atoms with E-state index >= 15 is 0 Å². The molecule has 0 radical (unpaired) electrons. The van der Waals surface area contributed by atoms with E-state index in [0.717, 1.165) is 0 Å². The molecule has 0 aliphatic heterocycles. The van der Waals surface area contributed by atoms with Gasteiger partial charge >= 0.3 is 5.97 Å². The minimum absolute atomic E-state index is 0.0158. The third-order valence-corrected chi connectivity index (χ3v) is 2.55. The first-order chi connectivity index (χ1) is 8.58. The molecule has 0 aliphatic rings. The molecule has 0 aliphatic carbocycles. The van der Waals surface area contributed by atoms with Crippen molar-refractivity contribution in [2.24, 2.45) is 0 Å². The highest BCUT2D eigenvalue weighted by molar-refractivity contribution is 6.33. The van der Waals surface area contributed by atoms with Gasteiger partial charge in [-0.25, -0.2) is 4.79 Å². The maximum absolute atomic E-state index is 11.7. The van der Waals surface area contributed by atoms with Gasteiger partial charge in [-0.1, -0.05) is 11.6 Å². The van der Waals surface area contributed by atoms with E-state index in [1.54, 1.807) is 0 Å². The Kier molecular flexibility index (Phi) is 3.34. The molecule has 0 spiro atoms. The van der Waals surface area contributed by atoms with E-state index in [0.29, 0.717) is 11.3 Å². The van der Waals surface area contributed by atoms with Crippen molar-refractivity contribution in [3.8, 4) is 0 Å². The molecule has 1 amide bonds. The lowest BCUT2D eigenvalue weighted by molar-refractivity contribution is 0.0697. The summed E-state index contributed by atoms with van der Waals surface area (Å²) in [7, 11) is 0. The topological polar surface area (TPSA) is 79.5 Å². The van der Waals surface area contributed by atoms with Crippen LogP contribution in [0.2, 0.25) is 5.02 Å². The second-order valence-corrected chi connectivity index (χ2v) is 3.87. The number of rotatable bonds is 3. The molecule has 0 unspecified atom stereocenters. The second kappa shape index (κ2) is 4.93. The van der Waals surface area contributed by atoms with E-state index in [1.165, 1.54) is 36.8 Å². The van der Waals surface area contributed by atoms with E-state index < -0.39 is 5.97 Å². The van der Waals surface area contributed by atoms with E-state index in [-0.39, 0.29) is 16.5 Å². The van der Waals surface area contributed by atoms with Crippen LogP contribution in [-0.2, 0) is 0 Å². The van der Waals surface area contributed by atoms with Crippen LogP contribution in [0.15, 0.2) is 41.2 Å². The lowest BCUT2D eigenvalue weighted by Gasteiger charge is -2.05. The Balaban J connectivity index is 2.18. The van der Waals surface area contributed by atoms with E-state index in [9.17, 15) is 9.59 Å². The number of nitrogens with one attached hydrogen (secondary N) is 1. The number of halogens is 1. The van der Waals surface area contributed by atoms with Gasteiger partial charge in [0.15, 0.2) is 0 Å². The largest absolute Gasteiger partial charge is 0.478 e. The summed E-state index contributed by atoms with van der Waals surface area (Å²) in [5.74, 6) is -1.48. The van der Waals surface area contributed by atoms with Gasteiger partial charge in [0.05, 0.1) is 22.4 Å². The Morgan fingerprint density at radius 3 is 2.61 bits per heavy atom. The van der Waals surface area contributed by atoms with Gasteiger partial charge in [0.25, 0.3) is 5.91 Å². The van der Waals surface area contributed by atoms with Gasteiger partial charge in [-0.05, 0) is 24.3 Å². The predicted molar refractivity (Wildman–Crippen MR) is 65.1 cm³/mol. The number of furan rings is 1. The molecular formula is C12H8ClNO4. The number of hydrogen-bond donors (Lipinski definition) is 2. The van der Waals surface area contributed by atoms with Crippen molar-refractivity contribution >= 4 is 29.2 Å². The fourth-order valence-electron chi connectivity index (χ4n) is 1.36. The summed E-state index contributed by atoms with van der Waals surface area (Å²) in [4.78, 5) is 22.4. The lowest BCUT2D eigenvalue weighted by atomic mass is 10.2. The smallest absolute Gasteiger partial charge is 0.337 e. The molecule has 2 rings (SSSR count). The van der Waals surface area contributed by atoms with E-state index in [4.69, 9.17) is 21.1 Å². The van der Waals surface area contributed by atoms with Gasteiger partial charge in [0.2, 0.25) is 0 Å². The van der Waals surface area contributed by atoms with Crippen molar-refractivity contribution in [3.63, 3.8) is 0 Å². The van der Waals surface area contributed by atoms with Crippen molar-refractivity contribution in [1.29, 1.82) is 0 Å². The van der Waals surface area contributed by atoms with Crippen LogP contribution >= 0.6 is 11.6 Å². The molecule has 0 atom stereocenters. The van der Waals surface area contributed by atoms with Gasteiger partial charge in [-0.15, -0.1) is 0 Å². The van der Waals surface area contributed by atoms with E-state index in [1.807, 2.05) is 0 Å². The van der Waals surface area contributed by atoms with Crippen molar-refractivity contribution in [2.75, 3.05) is 5.32 Å². The lowest BCUT2D eigenvalue weighted by Crippen LogP contribution is -2.11. The molecule has 1 heterocycles. The minimum Gasteiger partial charge on any atom is -0.478 e. The average Bonchev–Trinajstić information content (AvgIpc) is 2.81. The monoisotopic (exact) mass is 265 g/mol. The molecule has 0 saturated carbocycles. The second-order valence-electron chi connectivity index (χ2n) is 3.47. The minimum atomic E-state index is -1.12. The van der Waals surface area contributed by atoms with Gasteiger partial charge in [0, 0.05) is 5.69 Å². The van der Waals surface area contributed by atoms with E-state index in [2.05, 4.69) is 5.32 Å². The molecule has 1 aromatic carbocycles. The maximum atomic E-state index is 11.7. The first kappa shape index (κ1) is 12.2. The number of anilines is 1. The number of hydrogen-bond acceptors (Lipinski definition) is 3. The zero-order chi connectivity index (χ0) is 13.1. The summed E-state index contributed by atoms with van der Waals surface area (Å²) in [6, 6.07) is 5.69. The molecule has 0 bridgehead atoms. The Labute approximate surface area is 107 Å². The highest BCUT2D eigenvalue weighted by Gasteiger charge is 2.11. The molecule has 18 heavy (non-hydrogen) atoms. The molecule has 6 heteroatoms. The summed E-state index contributed by atoms with van der Waals surface area (Å²) in [5.41, 5.74) is 0.766. The van der Waals surface area contributed by atoms with Crippen LogP contribution in [0.5, 0.6) is 0 Å². The summed E-state index contributed by atoms with van der Waals surface area (Å²) < 4.78 is 4.78.